The van der Waals surface area contributed by atoms with E-state index >= 15 is 0 Å². The van der Waals surface area contributed by atoms with E-state index in [-0.39, 0.29) is 5.60 Å². The monoisotopic (exact) mass is 394 g/mol. The molecule has 1 saturated heterocycles. The number of ether oxygens (including phenoxy) is 1. The molecule has 2 heterocycles. The predicted molar refractivity (Wildman–Crippen MR) is 99.2 cm³/mol. The first kappa shape index (κ1) is 18.6. The predicted octanol–water partition coefficient (Wildman–Crippen LogP) is 2.76. The Hall–Kier alpha value is -1.73. The standard InChI is InChI=1S/C12H13BrN4.C5H10O2/c13-9-1-2-11-10(7-9)12(16-8-15-11)17-5-3-14-4-6-17;1-5(2,3)7-4-6/h1-2,7-8,14H,3-6H2;4H,1-3H3. The van der Waals surface area contributed by atoms with Crippen LogP contribution in [0.3, 0.4) is 0 Å². The van der Waals surface area contributed by atoms with Gasteiger partial charge < -0.3 is 15.0 Å². The summed E-state index contributed by atoms with van der Waals surface area (Å²) < 4.78 is 5.61. The van der Waals surface area contributed by atoms with Gasteiger partial charge in [-0.05, 0) is 39.0 Å². The van der Waals surface area contributed by atoms with Gasteiger partial charge in [0.15, 0.2) is 0 Å². The first-order valence-corrected chi connectivity index (χ1v) is 8.67. The van der Waals surface area contributed by atoms with Crippen molar-refractivity contribution in [2.24, 2.45) is 0 Å². The van der Waals surface area contributed by atoms with Gasteiger partial charge in [0.2, 0.25) is 0 Å². The molecule has 1 fully saturated rings. The molecule has 0 amide bonds. The largest absolute Gasteiger partial charge is 0.462 e. The fraction of sp³-hybridized carbons (Fsp3) is 0.471. The van der Waals surface area contributed by atoms with Gasteiger partial charge in [-0.3, -0.25) is 4.79 Å². The highest BCUT2D eigenvalue weighted by Gasteiger charge is 2.14. The summed E-state index contributed by atoms with van der Waals surface area (Å²) in [4.78, 5) is 20.7. The molecule has 130 valence electrons. The average molecular weight is 395 g/mol. The second-order valence-electron chi connectivity index (χ2n) is 6.42. The molecular weight excluding hydrogens is 372 g/mol. The van der Waals surface area contributed by atoms with Crippen LogP contribution in [0, 0.1) is 0 Å². The van der Waals surface area contributed by atoms with Crippen molar-refractivity contribution in [1.29, 1.82) is 0 Å². The minimum Gasteiger partial charge on any atom is -0.462 e. The third kappa shape index (κ3) is 5.42. The molecule has 3 rings (SSSR count). The maximum atomic E-state index is 9.60. The van der Waals surface area contributed by atoms with Gasteiger partial charge in [-0.15, -0.1) is 0 Å². The van der Waals surface area contributed by atoms with Crippen molar-refractivity contribution in [3.05, 3.63) is 29.0 Å². The third-order valence-electron chi connectivity index (χ3n) is 3.39. The number of carbonyl (C=O) groups excluding carboxylic acids is 1. The number of aromatic nitrogens is 2. The van der Waals surface area contributed by atoms with Crippen molar-refractivity contribution in [2.75, 3.05) is 31.1 Å². The summed E-state index contributed by atoms with van der Waals surface area (Å²) in [6.07, 6.45) is 1.65. The molecule has 1 aromatic carbocycles. The molecular formula is C17H23BrN4O2. The number of fused-ring (bicyclic) bond motifs is 1. The van der Waals surface area contributed by atoms with E-state index in [2.05, 4.69) is 46.9 Å². The van der Waals surface area contributed by atoms with E-state index in [1.807, 2.05) is 32.9 Å². The number of anilines is 1. The Morgan fingerprint density at radius 3 is 2.54 bits per heavy atom. The number of rotatable bonds is 2. The summed E-state index contributed by atoms with van der Waals surface area (Å²) in [6.45, 7) is 9.94. The lowest BCUT2D eigenvalue weighted by atomic mass is 10.2. The van der Waals surface area contributed by atoms with Gasteiger partial charge in [0.1, 0.15) is 17.7 Å². The molecule has 1 aliphatic rings. The Labute approximate surface area is 150 Å². The van der Waals surface area contributed by atoms with Crippen LogP contribution < -0.4 is 10.2 Å². The van der Waals surface area contributed by atoms with Crippen LogP contribution in [-0.4, -0.2) is 48.2 Å². The van der Waals surface area contributed by atoms with Gasteiger partial charge in [-0.1, -0.05) is 15.9 Å². The number of carbonyl (C=O) groups is 1. The molecule has 0 aliphatic carbocycles. The molecule has 1 aromatic heterocycles. The summed E-state index contributed by atoms with van der Waals surface area (Å²) in [5.41, 5.74) is 0.679. The Bertz CT molecular complexity index is 682. The van der Waals surface area contributed by atoms with E-state index in [1.165, 1.54) is 0 Å². The van der Waals surface area contributed by atoms with Crippen LogP contribution in [0.5, 0.6) is 0 Å². The number of nitrogens with one attached hydrogen (secondary N) is 1. The van der Waals surface area contributed by atoms with E-state index in [1.54, 1.807) is 6.33 Å². The average Bonchev–Trinajstić information content (AvgIpc) is 2.54. The molecule has 6 nitrogen and oxygen atoms in total. The van der Waals surface area contributed by atoms with Gasteiger partial charge in [-0.25, -0.2) is 9.97 Å². The molecule has 1 N–H and O–H groups in total. The maximum Gasteiger partial charge on any atom is 0.293 e. The van der Waals surface area contributed by atoms with E-state index in [9.17, 15) is 4.79 Å². The van der Waals surface area contributed by atoms with E-state index in [0.717, 1.165) is 47.4 Å². The number of benzene rings is 1. The van der Waals surface area contributed by atoms with Crippen molar-refractivity contribution >= 4 is 39.1 Å². The Morgan fingerprint density at radius 2 is 1.96 bits per heavy atom. The molecule has 24 heavy (non-hydrogen) atoms. The molecule has 0 saturated carbocycles. The number of nitrogens with zero attached hydrogens (tertiary/aromatic N) is 3. The second-order valence-corrected chi connectivity index (χ2v) is 7.34. The molecule has 0 radical (unpaired) electrons. The number of piperazine rings is 1. The number of hydrogen-bond donors (Lipinski definition) is 1. The lowest BCUT2D eigenvalue weighted by molar-refractivity contribution is -0.138. The van der Waals surface area contributed by atoms with Crippen LogP contribution in [-0.2, 0) is 9.53 Å². The van der Waals surface area contributed by atoms with Crippen LogP contribution in [0.15, 0.2) is 29.0 Å². The molecule has 0 spiro atoms. The molecule has 0 unspecified atom stereocenters. The van der Waals surface area contributed by atoms with Gasteiger partial charge in [-0.2, -0.15) is 0 Å². The number of halogens is 1. The quantitative estimate of drug-likeness (QED) is 0.789. The highest BCUT2D eigenvalue weighted by Crippen LogP contribution is 2.26. The minimum atomic E-state index is -0.318. The fourth-order valence-electron chi connectivity index (χ4n) is 2.29. The highest BCUT2D eigenvalue weighted by molar-refractivity contribution is 9.10. The fourth-order valence-corrected chi connectivity index (χ4v) is 2.65. The van der Waals surface area contributed by atoms with Crippen molar-refractivity contribution in [1.82, 2.24) is 15.3 Å². The van der Waals surface area contributed by atoms with Crippen LogP contribution in [0.4, 0.5) is 5.82 Å². The first-order valence-electron chi connectivity index (χ1n) is 7.88. The van der Waals surface area contributed by atoms with Crippen molar-refractivity contribution in [3.8, 4) is 0 Å². The van der Waals surface area contributed by atoms with Gasteiger partial charge >= 0.3 is 0 Å². The van der Waals surface area contributed by atoms with Gasteiger partial charge in [0, 0.05) is 36.0 Å². The summed E-state index contributed by atoms with van der Waals surface area (Å²) in [5, 5.41) is 4.46. The van der Waals surface area contributed by atoms with E-state index in [4.69, 9.17) is 0 Å². The molecule has 7 heteroatoms. The highest BCUT2D eigenvalue weighted by atomic mass is 79.9. The second kappa shape index (κ2) is 8.39. The third-order valence-corrected chi connectivity index (χ3v) is 3.89. The smallest absolute Gasteiger partial charge is 0.293 e. The van der Waals surface area contributed by atoms with Crippen molar-refractivity contribution in [2.45, 2.75) is 26.4 Å². The molecule has 0 atom stereocenters. The SMILES string of the molecule is Brc1ccc2ncnc(N3CCNCC3)c2c1.CC(C)(C)OC=O. The van der Waals surface area contributed by atoms with E-state index < -0.39 is 0 Å². The normalized spacial score (nSPS) is 14.8. The lowest BCUT2D eigenvalue weighted by Gasteiger charge is -2.29. The summed E-state index contributed by atoms with van der Waals surface area (Å²) in [5.74, 6) is 1.04. The molecule has 0 bridgehead atoms. The van der Waals surface area contributed by atoms with Crippen molar-refractivity contribution in [3.63, 3.8) is 0 Å². The van der Waals surface area contributed by atoms with Crippen molar-refractivity contribution < 1.29 is 9.53 Å². The van der Waals surface area contributed by atoms with Crippen LogP contribution >= 0.6 is 15.9 Å². The zero-order valence-corrected chi connectivity index (χ0v) is 15.8. The Kier molecular flexibility index (Phi) is 6.51. The first-order chi connectivity index (χ1) is 11.4. The summed E-state index contributed by atoms with van der Waals surface area (Å²) in [6, 6.07) is 6.12. The zero-order valence-electron chi connectivity index (χ0n) is 14.3. The minimum absolute atomic E-state index is 0.318. The van der Waals surface area contributed by atoms with Crippen LogP contribution in [0.25, 0.3) is 10.9 Å². The number of hydrogen-bond acceptors (Lipinski definition) is 6. The summed E-state index contributed by atoms with van der Waals surface area (Å²) in [7, 11) is 0. The van der Waals surface area contributed by atoms with Gasteiger partial charge in [0.25, 0.3) is 6.47 Å². The Balaban J connectivity index is 0.000000256. The Morgan fingerprint density at radius 1 is 1.25 bits per heavy atom. The van der Waals surface area contributed by atoms with Crippen LogP contribution in [0.2, 0.25) is 0 Å². The van der Waals surface area contributed by atoms with Crippen LogP contribution in [0.1, 0.15) is 20.8 Å². The lowest BCUT2D eigenvalue weighted by Crippen LogP contribution is -2.44. The topological polar surface area (TPSA) is 67.3 Å². The maximum absolute atomic E-state index is 9.60. The molecule has 2 aromatic rings. The zero-order chi connectivity index (χ0) is 17.6. The van der Waals surface area contributed by atoms with E-state index in [0.29, 0.717) is 6.47 Å². The van der Waals surface area contributed by atoms with Gasteiger partial charge in [0.05, 0.1) is 5.52 Å². The molecule has 1 aliphatic heterocycles. The summed E-state index contributed by atoms with van der Waals surface area (Å²) >= 11 is 3.50.